The Bertz CT molecular complexity index is 279. The van der Waals surface area contributed by atoms with Crippen LogP contribution in [-0.2, 0) is 14.3 Å². The fourth-order valence-corrected chi connectivity index (χ4v) is 1.55. The Hall–Kier alpha value is -1.10. The molecule has 0 aliphatic carbocycles. The predicted octanol–water partition coefficient (Wildman–Crippen LogP) is 1.16. The zero-order chi connectivity index (χ0) is 14.3. The molecule has 0 spiro atoms. The zero-order valence-electron chi connectivity index (χ0n) is 12.1. The highest BCUT2D eigenvalue weighted by molar-refractivity contribution is 5.86. The van der Waals surface area contributed by atoms with Gasteiger partial charge in [0.2, 0.25) is 5.91 Å². The number of hydrogen-bond acceptors (Lipinski definition) is 4. The van der Waals surface area contributed by atoms with Crippen molar-refractivity contribution in [1.29, 1.82) is 0 Å². The highest BCUT2D eigenvalue weighted by atomic mass is 16.5. The van der Waals surface area contributed by atoms with E-state index < -0.39 is 12.0 Å². The summed E-state index contributed by atoms with van der Waals surface area (Å²) in [5.41, 5.74) is 5.92. The molecule has 0 aromatic heterocycles. The molecule has 0 aromatic rings. The molecule has 1 amide bonds. The Kier molecular flexibility index (Phi) is 7.59. The lowest BCUT2D eigenvalue weighted by Crippen LogP contribution is -2.51. The molecule has 2 N–H and O–H groups in total. The van der Waals surface area contributed by atoms with Gasteiger partial charge in [0.05, 0.1) is 12.6 Å². The number of nitrogens with zero attached hydrogens (tertiary/aromatic N) is 1. The third kappa shape index (κ3) is 5.04. The summed E-state index contributed by atoms with van der Waals surface area (Å²) in [5, 5.41) is 0. The number of carbonyl (C=O) groups is 2. The number of rotatable bonds is 7. The maximum absolute atomic E-state index is 12.2. The van der Waals surface area contributed by atoms with Gasteiger partial charge in [-0.05, 0) is 26.7 Å². The molecule has 0 heterocycles. The lowest BCUT2D eigenvalue weighted by Gasteiger charge is -2.30. The summed E-state index contributed by atoms with van der Waals surface area (Å²) in [4.78, 5) is 25.2. The lowest BCUT2D eigenvalue weighted by atomic mass is 9.98. The van der Waals surface area contributed by atoms with E-state index in [0.29, 0.717) is 6.61 Å². The second-order valence-corrected chi connectivity index (χ2v) is 4.78. The van der Waals surface area contributed by atoms with Crippen LogP contribution in [0.5, 0.6) is 0 Å². The molecular weight excluding hydrogens is 232 g/mol. The van der Waals surface area contributed by atoms with Gasteiger partial charge >= 0.3 is 5.97 Å². The van der Waals surface area contributed by atoms with Crippen LogP contribution >= 0.6 is 0 Å². The number of carbonyl (C=O) groups excluding carboxylic acids is 2. The number of amides is 1. The van der Waals surface area contributed by atoms with E-state index in [4.69, 9.17) is 10.5 Å². The van der Waals surface area contributed by atoms with Crippen LogP contribution in [0.1, 0.15) is 41.0 Å². The molecule has 0 aliphatic rings. The van der Waals surface area contributed by atoms with Gasteiger partial charge in [0, 0.05) is 6.04 Å². The largest absolute Gasteiger partial charge is 0.465 e. The van der Waals surface area contributed by atoms with Crippen molar-refractivity contribution in [2.75, 3.05) is 13.2 Å². The predicted molar refractivity (Wildman–Crippen MR) is 70.9 cm³/mol. The van der Waals surface area contributed by atoms with E-state index in [-0.39, 0.29) is 24.4 Å². The average Bonchev–Trinajstić information content (AvgIpc) is 2.33. The smallest absolute Gasteiger partial charge is 0.325 e. The minimum atomic E-state index is -0.563. The third-order valence-electron chi connectivity index (χ3n) is 3.05. The van der Waals surface area contributed by atoms with Crippen molar-refractivity contribution in [3.05, 3.63) is 0 Å². The van der Waals surface area contributed by atoms with E-state index in [1.54, 1.807) is 6.92 Å². The Morgan fingerprint density at radius 2 is 1.78 bits per heavy atom. The summed E-state index contributed by atoms with van der Waals surface area (Å²) in [6.45, 7) is 9.67. The monoisotopic (exact) mass is 258 g/mol. The summed E-state index contributed by atoms with van der Waals surface area (Å²) >= 11 is 0. The summed E-state index contributed by atoms with van der Waals surface area (Å²) in [6.07, 6.45) is 0.832. The molecule has 5 nitrogen and oxygen atoms in total. The highest BCUT2D eigenvalue weighted by Crippen LogP contribution is 2.10. The minimum Gasteiger partial charge on any atom is -0.465 e. The fraction of sp³-hybridized carbons (Fsp3) is 0.846. The molecule has 2 atom stereocenters. The van der Waals surface area contributed by atoms with Gasteiger partial charge in [-0.1, -0.05) is 20.3 Å². The highest BCUT2D eigenvalue weighted by Gasteiger charge is 2.28. The molecule has 0 fully saturated rings. The molecule has 18 heavy (non-hydrogen) atoms. The normalized spacial score (nSPS) is 14.2. The van der Waals surface area contributed by atoms with Gasteiger partial charge in [-0.15, -0.1) is 0 Å². The second kappa shape index (κ2) is 8.08. The van der Waals surface area contributed by atoms with E-state index in [2.05, 4.69) is 0 Å². The van der Waals surface area contributed by atoms with Crippen molar-refractivity contribution in [2.45, 2.75) is 53.1 Å². The topological polar surface area (TPSA) is 72.6 Å². The van der Waals surface area contributed by atoms with Gasteiger partial charge in [-0.3, -0.25) is 9.59 Å². The van der Waals surface area contributed by atoms with Crippen molar-refractivity contribution in [3.8, 4) is 0 Å². The summed E-state index contributed by atoms with van der Waals surface area (Å²) < 4.78 is 4.87. The van der Waals surface area contributed by atoms with Crippen LogP contribution in [0.25, 0.3) is 0 Å². The number of hydrogen-bond donors (Lipinski definition) is 1. The summed E-state index contributed by atoms with van der Waals surface area (Å²) in [5.74, 6) is -0.482. The Labute approximate surface area is 110 Å². The third-order valence-corrected chi connectivity index (χ3v) is 3.05. The molecule has 0 aromatic carbocycles. The van der Waals surface area contributed by atoms with Crippen LogP contribution in [0.15, 0.2) is 0 Å². The van der Waals surface area contributed by atoms with Crippen LogP contribution in [-0.4, -0.2) is 42.0 Å². The SMILES string of the molecule is CCOC(=O)CN(C(=O)C(N)C(C)CC)C(C)C. The van der Waals surface area contributed by atoms with Crippen molar-refractivity contribution < 1.29 is 14.3 Å². The fourth-order valence-electron chi connectivity index (χ4n) is 1.55. The molecule has 5 heteroatoms. The molecule has 2 unspecified atom stereocenters. The van der Waals surface area contributed by atoms with Gasteiger partial charge < -0.3 is 15.4 Å². The number of ether oxygens (including phenoxy) is 1. The molecule has 0 aliphatic heterocycles. The van der Waals surface area contributed by atoms with Crippen LogP contribution in [0.4, 0.5) is 0 Å². The van der Waals surface area contributed by atoms with E-state index in [9.17, 15) is 9.59 Å². The molecule has 0 saturated carbocycles. The zero-order valence-corrected chi connectivity index (χ0v) is 12.1. The standard InChI is InChI=1S/C13H26N2O3/c1-6-10(5)12(14)13(17)15(9(3)4)8-11(16)18-7-2/h9-10,12H,6-8,14H2,1-5H3. The van der Waals surface area contributed by atoms with Gasteiger partial charge in [0.15, 0.2) is 0 Å². The summed E-state index contributed by atoms with van der Waals surface area (Å²) in [7, 11) is 0. The first-order valence-electron chi connectivity index (χ1n) is 6.56. The molecule has 106 valence electrons. The average molecular weight is 258 g/mol. The number of esters is 1. The second-order valence-electron chi connectivity index (χ2n) is 4.78. The molecule has 0 radical (unpaired) electrons. The van der Waals surface area contributed by atoms with Gasteiger partial charge in [0.1, 0.15) is 6.54 Å². The van der Waals surface area contributed by atoms with E-state index >= 15 is 0 Å². The van der Waals surface area contributed by atoms with Crippen LogP contribution in [0.3, 0.4) is 0 Å². The minimum absolute atomic E-state index is 0.0333. The van der Waals surface area contributed by atoms with Crippen LogP contribution < -0.4 is 5.73 Å². The van der Waals surface area contributed by atoms with Gasteiger partial charge in [0.25, 0.3) is 0 Å². The van der Waals surface area contributed by atoms with Crippen molar-refractivity contribution in [3.63, 3.8) is 0 Å². The van der Waals surface area contributed by atoms with Gasteiger partial charge in [-0.25, -0.2) is 0 Å². The quantitative estimate of drug-likeness (QED) is 0.695. The number of nitrogens with two attached hydrogens (primary N) is 1. The van der Waals surface area contributed by atoms with E-state index in [1.165, 1.54) is 4.90 Å². The maximum atomic E-state index is 12.2. The molecular formula is C13H26N2O3. The lowest BCUT2D eigenvalue weighted by molar-refractivity contribution is -0.150. The van der Waals surface area contributed by atoms with Crippen molar-refractivity contribution in [2.24, 2.45) is 11.7 Å². The Balaban J connectivity index is 4.69. The van der Waals surface area contributed by atoms with Crippen molar-refractivity contribution in [1.82, 2.24) is 4.90 Å². The Morgan fingerprint density at radius 3 is 2.17 bits per heavy atom. The first kappa shape index (κ1) is 16.9. The first-order chi connectivity index (χ1) is 8.34. The molecule has 0 rings (SSSR count). The van der Waals surface area contributed by atoms with Gasteiger partial charge in [-0.2, -0.15) is 0 Å². The molecule has 0 bridgehead atoms. The van der Waals surface area contributed by atoms with Crippen molar-refractivity contribution >= 4 is 11.9 Å². The van der Waals surface area contributed by atoms with Crippen LogP contribution in [0, 0.1) is 5.92 Å². The first-order valence-corrected chi connectivity index (χ1v) is 6.56. The van der Waals surface area contributed by atoms with Crippen LogP contribution in [0.2, 0.25) is 0 Å². The van der Waals surface area contributed by atoms with E-state index in [1.807, 2.05) is 27.7 Å². The summed E-state index contributed by atoms with van der Waals surface area (Å²) in [6, 6.07) is -0.635. The van der Waals surface area contributed by atoms with E-state index in [0.717, 1.165) is 6.42 Å². The Morgan fingerprint density at radius 1 is 1.22 bits per heavy atom. The molecule has 0 saturated heterocycles. The maximum Gasteiger partial charge on any atom is 0.325 e.